The molecule has 1 aliphatic heterocycles. The number of fused-ring (bicyclic) bond motifs is 1. The fourth-order valence-corrected chi connectivity index (χ4v) is 3.51. The quantitative estimate of drug-likeness (QED) is 0.830. The van der Waals surface area contributed by atoms with Crippen molar-refractivity contribution in [2.45, 2.75) is 45.1 Å². The van der Waals surface area contributed by atoms with Gasteiger partial charge in [0.2, 0.25) is 5.91 Å². The van der Waals surface area contributed by atoms with Gasteiger partial charge in [0.15, 0.2) is 0 Å². The second-order valence-corrected chi connectivity index (χ2v) is 6.37. The van der Waals surface area contributed by atoms with Crippen LogP contribution in [-0.4, -0.2) is 47.9 Å². The van der Waals surface area contributed by atoms with Gasteiger partial charge in [-0.1, -0.05) is 31.2 Å². The molecule has 1 fully saturated rings. The lowest BCUT2D eigenvalue weighted by Gasteiger charge is -2.38. The van der Waals surface area contributed by atoms with Crippen LogP contribution in [0, 0.1) is 0 Å². The summed E-state index contributed by atoms with van der Waals surface area (Å²) in [6.45, 7) is 5.78. The van der Waals surface area contributed by atoms with E-state index in [0.717, 1.165) is 38.9 Å². The molecule has 1 aliphatic carbocycles. The van der Waals surface area contributed by atoms with E-state index in [2.05, 4.69) is 36.1 Å². The molecule has 3 heteroatoms. The van der Waals surface area contributed by atoms with E-state index in [9.17, 15) is 4.79 Å². The van der Waals surface area contributed by atoms with Gasteiger partial charge in [-0.25, -0.2) is 0 Å². The number of amides is 1. The molecule has 0 saturated carbocycles. The van der Waals surface area contributed by atoms with Crippen molar-refractivity contribution in [2.24, 2.45) is 0 Å². The largest absolute Gasteiger partial charge is 0.341 e. The van der Waals surface area contributed by atoms with Gasteiger partial charge in [-0.2, -0.15) is 0 Å². The first-order chi connectivity index (χ1) is 10.3. The van der Waals surface area contributed by atoms with Crippen LogP contribution in [0.15, 0.2) is 24.3 Å². The van der Waals surface area contributed by atoms with E-state index in [1.165, 1.54) is 24.0 Å². The van der Waals surface area contributed by atoms with E-state index in [1.54, 1.807) is 0 Å². The summed E-state index contributed by atoms with van der Waals surface area (Å²) in [7, 11) is 0. The average Bonchev–Trinajstić information content (AvgIpc) is 2.44. The maximum absolute atomic E-state index is 12.3. The van der Waals surface area contributed by atoms with E-state index >= 15 is 0 Å². The van der Waals surface area contributed by atoms with Crippen LogP contribution in [0.25, 0.3) is 0 Å². The van der Waals surface area contributed by atoms with Gasteiger partial charge in [-0.3, -0.25) is 9.69 Å². The summed E-state index contributed by atoms with van der Waals surface area (Å²) in [5.74, 6) is 0.327. The molecule has 1 unspecified atom stereocenters. The zero-order valence-electron chi connectivity index (χ0n) is 13.1. The first kappa shape index (κ1) is 14.6. The summed E-state index contributed by atoms with van der Waals surface area (Å²) in [5.41, 5.74) is 2.98. The number of benzene rings is 1. The van der Waals surface area contributed by atoms with Crippen LogP contribution < -0.4 is 0 Å². The van der Waals surface area contributed by atoms with Gasteiger partial charge in [0, 0.05) is 19.1 Å². The van der Waals surface area contributed by atoms with Crippen molar-refractivity contribution < 1.29 is 4.79 Å². The third-order valence-electron chi connectivity index (χ3n) is 4.90. The van der Waals surface area contributed by atoms with Gasteiger partial charge in [0.05, 0.1) is 6.54 Å². The lowest BCUT2D eigenvalue weighted by Crippen LogP contribution is -2.50. The fraction of sp³-hybridized carbons (Fsp3) is 0.611. The molecule has 1 amide bonds. The zero-order valence-corrected chi connectivity index (χ0v) is 13.1. The van der Waals surface area contributed by atoms with E-state index in [0.29, 0.717) is 18.5 Å². The molecule has 2 aliphatic rings. The number of carbonyl (C=O) groups excluding carboxylic acids is 1. The second-order valence-electron chi connectivity index (χ2n) is 6.37. The Morgan fingerprint density at radius 3 is 2.71 bits per heavy atom. The number of likely N-dealkylation sites (tertiary alicyclic amines) is 1. The SMILES string of the molecule is CCCN(CC(=O)N1CCC1)C1CCc2ccccc2C1. The summed E-state index contributed by atoms with van der Waals surface area (Å²) in [6.07, 6.45) is 5.73. The summed E-state index contributed by atoms with van der Waals surface area (Å²) >= 11 is 0. The lowest BCUT2D eigenvalue weighted by molar-refractivity contribution is -0.136. The van der Waals surface area contributed by atoms with E-state index < -0.39 is 0 Å². The van der Waals surface area contributed by atoms with Crippen LogP contribution in [0.3, 0.4) is 0 Å². The Labute approximate surface area is 127 Å². The fourth-order valence-electron chi connectivity index (χ4n) is 3.51. The van der Waals surface area contributed by atoms with Crippen LogP contribution in [0.5, 0.6) is 0 Å². The van der Waals surface area contributed by atoms with Gasteiger partial charge in [0.25, 0.3) is 0 Å². The molecule has 0 N–H and O–H groups in total. The summed E-state index contributed by atoms with van der Waals surface area (Å²) < 4.78 is 0. The number of nitrogens with zero attached hydrogens (tertiary/aromatic N) is 2. The monoisotopic (exact) mass is 286 g/mol. The maximum Gasteiger partial charge on any atom is 0.236 e. The van der Waals surface area contributed by atoms with Crippen LogP contribution in [0.4, 0.5) is 0 Å². The summed E-state index contributed by atoms with van der Waals surface area (Å²) in [5, 5.41) is 0. The molecule has 3 rings (SSSR count). The van der Waals surface area contributed by atoms with E-state index in [4.69, 9.17) is 0 Å². The highest BCUT2D eigenvalue weighted by Gasteiger charge is 2.28. The molecule has 1 atom stereocenters. The predicted octanol–water partition coefficient (Wildman–Crippen LogP) is 2.49. The van der Waals surface area contributed by atoms with Crippen molar-refractivity contribution >= 4 is 5.91 Å². The number of aryl methyl sites for hydroxylation is 1. The Bertz CT molecular complexity index is 496. The Hall–Kier alpha value is -1.35. The predicted molar refractivity (Wildman–Crippen MR) is 85.3 cm³/mol. The van der Waals surface area contributed by atoms with Gasteiger partial charge in [-0.15, -0.1) is 0 Å². The average molecular weight is 286 g/mol. The minimum Gasteiger partial charge on any atom is -0.341 e. The molecular formula is C18H26N2O. The molecule has 0 bridgehead atoms. The molecule has 3 nitrogen and oxygen atoms in total. The number of hydrogen-bond acceptors (Lipinski definition) is 2. The smallest absolute Gasteiger partial charge is 0.236 e. The van der Waals surface area contributed by atoms with Crippen LogP contribution in [0.2, 0.25) is 0 Å². The molecular weight excluding hydrogens is 260 g/mol. The molecule has 1 aromatic carbocycles. The standard InChI is InChI=1S/C18H26N2O/c1-2-10-20(14-18(21)19-11-5-12-19)17-9-8-15-6-3-4-7-16(15)13-17/h3-4,6-7,17H,2,5,8-14H2,1H3. The molecule has 0 spiro atoms. The Morgan fingerprint density at radius 1 is 1.29 bits per heavy atom. The highest BCUT2D eigenvalue weighted by atomic mass is 16.2. The van der Waals surface area contributed by atoms with Crippen molar-refractivity contribution in [2.75, 3.05) is 26.2 Å². The van der Waals surface area contributed by atoms with Crippen molar-refractivity contribution in [1.82, 2.24) is 9.80 Å². The Balaban J connectivity index is 1.65. The normalized spacial score (nSPS) is 21.0. The van der Waals surface area contributed by atoms with Crippen LogP contribution in [0.1, 0.15) is 37.3 Å². The van der Waals surface area contributed by atoms with Crippen molar-refractivity contribution in [3.8, 4) is 0 Å². The summed E-state index contributed by atoms with van der Waals surface area (Å²) in [6, 6.07) is 9.31. The Kier molecular flexibility index (Phi) is 4.59. The zero-order chi connectivity index (χ0) is 14.7. The van der Waals surface area contributed by atoms with Crippen molar-refractivity contribution in [3.63, 3.8) is 0 Å². The number of hydrogen-bond donors (Lipinski definition) is 0. The minimum absolute atomic E-state index is 0.327. The minimum atomic E-state index is 0.327. The first-order valence-electron chi connectivity index (χ1n) is 8.36. The molecule has 0 radical (unpaired) electrons. The highest BCUT2D eigenvalue weighted by molar-refractivity contribution is 5.79. The molecule has 114 valence electrons. The number of rotatable bonds is 5. The molecule has 1 saturated heterocycles. The molecule has 21 heavy (non-hydrogen) atoms. The van der Waals surface area contributed by atoms with Gasteiger partial charge in [-0.05, 0) is 49.8 Å². The second kappa shape index (κ2) is 6.61. The van der Waals surface area contributed by atoms with Crippen LogP contribution >= 0.6 is 0 Å². The number of carbonyl (C=O) groups is 1. The third-order valence-corrected chi connectivity index (χ3v) is 4.90. The van der Waals surface area contributed by atoms with Gasteiger partial charge in [0.1, 0.15) is 0 Å². The first-order valence-corrected chi connectivity index (χ1v) is 8.36. The van der Waals surface area contributed by atoms with Gasteiger partial charge < -0.3 is 4.90 Å². The molecule has 1 aromatic rings. The highest BCUT2D eigenvalue weighted by Crippen LogP contribution is 2.25. The van der Waals surface area contributed by atoms with Crippen molar-refractivity contribution in [3.05, 3.63) is 35.4 Å². The topological polar surface area (TPSA) is 23.6 Å². The van der Waals surface area contributed by atoms with E-state index in [1.807, 2.05) is 4.90 Å². The van der Waals surface area contributed by atoms with Crippen LogP contribution in [-0.2, 0) is 17.6 Å². The lowest BCUT2D eigenvalue weighted by atomic mass is 9.87. The third kappa shape index (κ3) is 3.29. The van der Waals surface area contributed by atoms with Crippen molar-refractivity contribution in [1.29, 1.82) is 0 Å². The maximum atomic E-state index is 12.3. The summed E-state index contributed by atoms with van der Waals surface area (Å²) in [4.78, 5) is 16.7. The van der Waals surface area contributed by atoms with Gasteiger partial charge >= 0.3 is 0 Å². The molecule has 1 heterocycles. The van der Waals surface area contributed by atoms with E-state index in [-0.39, 0.29) is 0 Å². The Morgan fingerprint density at radius 2 is 2.05 bits per heavy atom. The molecule has 0 aromatic heterocycles.